The molecule has 0 radical (unpaired) electrons. The van der Waals surface area contributed by atoms with Crippen molar-refractivity contribution < 1.29 is 0 Å². The number of unbranched alkanes of at least 4 members (excludes halogenated alkanes) is 10. The Morgan fingerprint density at radius 3 is 1.59 bits per heavy atom. The smallest absolute Gasteiger partial charge is 0.00723 e. The average molecular weight is 411 g/mol. The Morgan fingerprint density at radius 1 is 0.517 bits per heavy atom. The fourth-order valence-electron chi connectivity index (χ4n) is 3.79. The molecule has 0 spiro atoms. The molecule has 0 amide bonds. The Bertz CT molecular complexity index is 626. The van der Waals surface area contributed by atoms with Gasteiger partial charge in [-0.1, -0.05) is 114 Å². The first-order valence-electron chi connectivity index (χ1n) is 12.2. The van der Waals surface area contributed by atoms with Crippen LogP contribution in [0.3, 0.4) is 0 Å². The van der Waals surface area contributed by atoms with E-state index in [1.807, 2.05) is 11.8 Å². The SMILES string of the molecule is CCCCCCCCCCCSc1ccc(-c2ccc(CCCCC)cc2)cc1. The lowest BCUT2D eigenvalue weighted by Gasteiger charge is -2.07. The molecule has 0 aliphatic rings. The third-order valence-electron chi connectivity index (χ3n) is 5.73. The quantitative estimate of drug-likeness (QED) is 0.196. The van der Waals surface area contributed by atoms with Crippen LogP contribution >= 0.6 is 11.8 Å². The Kier molecular flexibility index (Phi) is 12.9. The number of benzene rings is 2. The van der Waals surface area contributed by atoms with Gasteiger partial charge in [0.2, 0.25) is 0 Å². The van der Waals surface area contributed by atoms with Crippen molar-refractivity contribution in [1.29, 1.82) is 0 Å². The van der Waals surface area contributed by atoms with Crippen LogP contribution in [0.15, 0.2) is 53.4 Å². The fraction of sp³-hybridized carbons (Fsp3) is 0.571. The predicted octanol–water partition coefficient (Wildman–Crippen LogP) is 9.71. The zero-order chi connectivity index (χ0) is 20.6. The van der Waals surface area contributed by atoms with E-state index in [9.17, 15) is 0 Å². The van der Waals surface area contributed by atoms with Crippen LogP contribution < -0.4 is 0 Å². The normalized spacial score (nSPS) is 11.1. The molecule has 0 nitrogen and oxygen atoms in total. The molecule has 2 rings (SSSR count). The van der Waals surface area contributed by atoms with Gasteiger partial charge in [0.1, 0.15) is 0 Å². The molecule has 29 heavy (non-hydrogen) atoms. The van der Waals surface area contributed by atoms with Crippen LogP contribution in [0, 0.1) is 0 Å². The highest BCUT2D eigenvalue weighted by Crippen LogP contribution is 2.26. The van der Waals surface area contributed by atoms with Crippen molar-refractivity contribution in [3.05, 3.63) is 54.1 Å². The molecule has 160 valence electrons. The molecule has 0 atom stereocenters. The predicted molar refractivity (Wildman–Crippen MR) is 133 cm³/mol. The van der Waals surface area contributed by atoms with E-state index in [0.717, 1.165) is 0 Å². The maximum atomic E-state index is 2.30. The van der Waals surface area contributed by atoms with Crippen molar-refractivity contribution in [3.8, 4) is 11.1 Å². The summed E-state index contributed by atoms with van der Waals surface area (Å²) in [5, 5.41) is 0. The van der Waals surface area contributed by atoms with Gasteiger partial charge in [0, 0.05) is 4.90 Å². The lowest BCUT2D eigenvalue weighted by Crippen LogP contribution is -1.86. The summed E-state index contributed by atoms with van der Waals surface area (Å²) in [5.41, 5.74) is 4.13. The van der Waals surface area contributed by atoms with Gasteiger partial charge in [0.25, 0.3) is 0 Å². The van der Waals surface area contributed by atoms with E-state index >= 15 is 0 Å². The second kappa shape index (κ2) is 15.6. The van der Waals surface area contributed by atoms with E-state index in [-0.39, 0.29) is 0 Å². The van der Waals surface area contributed by atoms with Crippen LogP contribution in [-0.4, -0.2) is 5.75 Å². The number of hydrogen-bond donors (Lipinski definition) is 0. The van der Waals surface area contributed by atoms with Gasteiger partial charge in [-0.05, 0) is 53.8 Å². The van der Waals surface area contributed by atoms with E-state index < -0.39 is 0 Å². The highest BCUT2D eigenvalue weighted by atomic mass is 32.2. The summed E-state index contributed by atoms with van der Waals surface area (Å²) in [7, 11) is 0. The minimum atomic E-state index is 1.21. The van der Waals surface area contributed by atoms with Gasteiger partial charge in [-0.2, -0.15) is 0 Å². The zero-order valence-electron chi connectivity index (χ0n) is 18.9. The van der Waals surface area contributed by atoms with E-state index in [0.29, 0.717) is 0 Å². The number of thioether (sulfide) groups is 1. The highest BCUT2D eigenvalue weighted by Gasteiger charge is 2.01. The van der Waals surface area contributed by atoms with E-state index in [1.165, 1.54) is 111 Å². The monoisotopic (exact) mass is 410 g/mol. The molecule has 0 aromatic heterocycles. The van der Waals surface area contributed by atoms with Crippen LogP contribution in [0.1, 0.15) is 96.5 Å². The van der Waals surface area contributed by atoms with Crippen LogP contribution in [0.4, 0.5) is 0 Å². The molecule has 0 bridgehead atoms. The molecule has 0 heterocycles. The van der Waals surface area contributed by atoms with Crippen LogP contribution in [0.5, 0.6) is 0 Å². The second-order valence-electron chi connectivity index (χ2n) is 8.36. The molecule has 0 fully saturated rings. The average Bonchev–Trinajstić information content (AvgIpc) is 2.76. The Balaban J connectivity index is 1.62. The lowest BCUT2D eigenvalue weighted by molar-refractivity contribution is 0.573. The number of hydrogen-bond acceptors (Lipinski definition) is 1. The van der Waals surface area contributed by atoms with Crippen molar-refractivity contribution in [2.75, 3.05) is 5.75 Å². The minimum Gasteiger partial charge on any atom is -0.126 e. The standard InChI is InChI=1S/C28H42S/c1-3-5-7-8-9-10-11-12-14-24-29-28-22-20-27(21-23-28)26-18-16-25(17-19-26)15-13-6-4-2/h16-23H,3-15,24H2,1-2H3. The molecule has 0 saturated carbocycles. The van der Waals surface area contributed by atoms with Crippen molar-refractivity contribution in [2.24, 2.45) is 0 Å². The topological polar surface area (TPSA) is 0 Å². The van der Waals surface area contributed by atoms with Gasteiger partial charge in [-0.25, -0.2) is 0 Å². The van der Waals surface area contributed by atoms with Gasteiger partial charge in [0.15, 0.2) is 0 Å². The van der Waals surface area contributed by atoms with Gasteiger partial charge >= 0.3 is 0 Å². The molecule has 0 aliphatic heterocycles. The largest absolute Gasteiger partial charge is 0.126 e. The van der Waals surface area contributed by atoms with Gasteiger partial charge in [-0.15, -0.1) is 11.8 Å². The van der Waals surface area contributed by atoms with Crippen molar-refractivity contribution >= 4 is 11.8 Å². The first kappa shape index (κ1) is 24.1. The maximum Gasteiger partial charge on any atom is 0.00723 e. The fourth-order valence-corrected chi connectivity index (χ4v) is 4.70. The first-order chi connectivity index (χ1) is 14.3. The van der Waals surface area contributed by atoms with E-state index in [2.05, 4.69) is 62.4 Å². The van der Waals surface area contributed by atoms with E-state index in [4.69, 9.17) is 0 Å². The van der Waals surface area contributed by atoms with E-state index in [1.54, 1.807) is 0 Å². The number of rotatable bonds is 16. The zero-order valence-corrected chi connectivity index (χ0v) is 19.7. The Hall–Kier alpha value is -1.21. The van der Waals surface area contributed by atoms with Crippen LogP contribution in [0.2, 0.25) is 0 Å². The molecular formula is C28H42S. The minimum absolute atomic E-state index is 1.21. The van der Waals surface area contributed by atoms with Crippen LogP contribution in [-0.2, 0) is 6.42 Å². The summed E-state index contributed by atoms with van der Waals surface area (Å²) >= 11 is 2.01. The summed E-state index contributed by atoms with van der Waals surface area (Å²) in [6.45, 7) is 4.55. The molecule has 0 N–H and O–H groups in total. The Morgan fingerprint density at radius 2 is 1.00 bits per heavy atom. The van der Waals surface area contributed by atoms with Crippen molar-refractivity contribution in [3.63, 3.8) is 0 Å². The molecule has 0 unspecified atom stereocenters. The second-order valence-corrected chi connectivity index (χ2v) is 9.52. The number of aryl methyl sites for hydroxylation is 1. The Labute approximate surface area is 184 Å². The van der Waals surface area contributed by atoms with Gasteiger partial charge < -0.3 is 0 Å². The third kappa shape index (κ3) is 10.4. The molecule has 2 aromatic carbocycles. The van der Waals surface area contributed by atoms with Crippen molar-refractivity contribution in [2.45, 2.75) is 102 Å². The molecular weight excluding hydrogens is 368 g/mol. The summed E-state index contributed by atoms with van der Waals surface area (Å²) in [6, 6.07) is 18.3. The third-order valence-corrected chi connectivity index (χ3v) is 6.83. The summed E-state index contributed by atoms with van der Waals surface area (Å²) in [5.74, 6) is 1.25. The van der Waals surface area contributed by atoms with Gasteiger partial charge in [-0.3, -0.25) is 0 Å². The molecule has 0 saturated heterocycles. The maximum absolute atomic E-state index is 2.30. The molecule has 1 heteroatoms. The van der Waals surface area contributed by atoms with Crippen molar-refractivity contribution in [1.82, 2.24) is 0 Å². The van der Waals surface area contributed by atoms with Crippen LogP contribution in [0.25, 0.3) is 11.1 Å². The molecule has 2 aromatic rings. The summed E-state index contributed by atoms with van der Waals surface area (Å²) in [4.78, 5) is 1.41. The first-order valence-corrected chi connectivity index (χ1v) is 13.1. The summed E-state index contributed by atoms with van der Waals surface area (Å²) in [6.07, 6.45) is 17.8. The lowest BCUT2D eigenvalue weighted by atomic mass is 10.0. The highest BCUT2D eigenvalue weighted by molar-refractivity contribution is 7.99. The summed E-state index contributed by atoms with van der Waals surface area (Å²) < 4.78 is 0. The van der Waals surface area contributed by atoms with Gasteiger partial charge in [0.05, 0.1) is 0 Å². The molecule has 0 aliphatic carbocycles.